The lowest BCUT2D eigenvalue weighted by Crippen LogP contribution is -2.16. The lowest BCUT2D eigenvalue weighted by atomic mass is 10.2. The Labute approximate surface area is 186 Å². The number of carbonyl (C=O) groups excluding carboxylic acids is 2. The number of hydrogen-bond donors (Lipinski definition) is 2. The van der Waals surface area contributed by atoms with Gasteiger partial charge in [0.2, 0.25) is 11.8 Å². The number of fused-ring (bicyclic) bond motifs is 1. The predicted octanol–water partition coefficient (Wildman–Crippen LogP) is 4.38. The summed E-state index contributed by atoms with van der Waals surface area (Å²) in [6, 6.07) is 7.12. The predicted molar refractivity (Wildman–Crippen MR) is 118 cm³/mol. The summed E-state index contributed by atoms with van der Waals surface area (Å²) in [6.07, 6.45) is 1.14. The van der Waals surface area contributed by atoms with Gasteiger partial charge in [-0.3, -0.25) is 9.59 Å². The first kappa shape index (κ1) is 20.6. The second kappa shape index (κ2) is 9.46. The van der Waals surface area contributed by atoms with Crippen molar-refractivity contribution in [2.45, 2.75) is 19.3 Å². The molecule has 0 unspecified atom stereocenters. The molecular weight excluding hydrogens is 446 g/mol. The van der Waals surface area contributed by atoms with Crippen LogP contribution in [0.25, 0.3) is 0 Å². The van der Waals surface area contributed by atoms with Gasteiger partial charge in [-0.15, -0.1) is 22.7 Å². The maximum absolute atomic E-state index is 12.4. The molecule has 2 N–H and O–H groups in total. The molecule has 0 saturated carbocycles. The SMILES string of the molecule is O=C(Cc1cccs1)Nc1nc(CC(=O)Nc2cc3c(cc2Cl)OCCCO3)cs1. The van der Waals surface area contributed by atoms with Gasteiger partial charge < -0.3 is 20.1 Å². The normalized spacial score (nSPS) is 12.8. The van der Waals surface area contributed by atoms with E-state index in [9.17, 15) is 9.59 Å². The van der Waals surface area contributed by atoms with Gasteiger partial charge in [0.25, 0.3) is 0 Å². The van der Waals surface area contributed by atoms with Crippen molar-refractivity contribution in [3.8, 4) is 11.5 Å². The van der Waals surface area contributed by atoms with E-state index in [0.717, 1.165) is 11.3 Å². The van der Waals surface area contributed by atoms with E-state index in [1.54, 1.807) is 17.5 Å². The minimum atomic E-state index is -0.270. The van der Waals surface area contributed by atoms with Crippen molar-refractivity contribution < 1.29 is 19.1 Å². The number of rotatable bonds is 6. The summed E-state index contributed by atoms with van der Waals surface area (Å²) in [5, 5.41) is 10.1. The number of aromatic nitrogens is 1. The Morgan fingerprint density at radius 1 is 1.07 bits per heavy atom. The molecule has 2 aromatic heterocycles. The Hall–Kier alpha value is -2.62. The van der Waals surface area contributed by atoms with Gasteiger partial charge in [0.15, 0.2) is 16.6 Å². The largest absolute Gasteiger partial charge is 0.490 e. The number of nitrogens with zero attached hydrogens (tertiary/aromatic N) is 1. The average molecular weight is 464 g/mol. The Morgan fingerprint density at radius 2 is 1.83 bits per heavy atom. The van der Waals surface area contributed by atoms with Crippen LogP contribution in [-0.4, -0.2) is 30.0 Å². The molecule has 0 saturated heterocycles. The fourth-order valence-electron chi connectivity index (χ4n) is 2.82. The molecular formula is C20H18ClN3O4S2. The first-order chi connectivity index (χ1) is 14.6. The molecule has 7 nitrogen and oxygen atoms in total. The molecule has 30 heavy (non-hydrogen) atoms. The maximum atomic E-state index is 12.4. The minimum absolute atomic E-state index is 0.0576. The van der Waals surface area contributed by atoms with Crippen molar-refractivity contribution in [2.75, 3.05) is 23.8 Å². The first-order valence-electron chi connectivity index (χ1n) is 9.22. The van der Waals surface area contributed by atoms with Crippen LogP contribution in [0.5, 0.6) is 11.5 Å². The van der Waals surface area contributed by atoms with Gasteiger partial charge >= 0.3 is 0 Å². The number of carbonyl (C=O) groups is 2. The topological polar surface area (TPSA) is 89.6 Å². The molecule has 0 radical (unpaired) electrons. The van der Waals surface area contributed by atoms with E-state index in [2.05, 4.69) is 15.6 Å². The number of nitrogens with one attached hydrogen (secondary N) is 2. The molecule has 4 rings (SSSR count). The van der Waals surface area contributed by atoms with E-state index in [1.807, 2.05) is 17.5 Å². The van der Waals surface area contributed by atoms with E-state index in [-0.39, 0.29) is 18.2 Å². The molecule has 0 bridgehead atoms. The highest BCUT2D eigenvalue weighted by atomic mass is 35.5. The van der Waals surface area contributed by atoms with Gasteiger partial charge in [-0.1, -0.05) is 17.7 Å². The number of thiazole rings is 1. The van der Waals surface area contributed by atoms with Crippen molar-refractivity contribution in [3.05, 3.63) is 50.6 Å². The molecule has 3 heterocycles. The summed E-state index contributed by atoms with van der Waals surface area (Å²) in [4.78, 5) is 29.8. The van der Waals surface area contributed by atoms with Crippen molar-refractivity contribution in [2.24, 2.45) is 0 Å². The maximum Gasteiger partial charge on any atom is 0.231 e. The van der Waals surface area contributed by atoms with Gasteiger partial charge in [0.05, 0.1) is 42.5 Å². The fraction of sp³-hybridized carbons (Fsp3) is 0.250. The summed E-state index contributed by atoms with van der Waals surface area (Å²) in [5.74, 6) is 0.712. The quantitative estimate of drug-likeness (QED) is 0.566. The molecule has 10 heteroatoms. The van der Waals surface area contributed by atoms with Gasteiger partial charge in [-0.05, 0) is 11.4 Å². The number of benzene rings is 1. The smallest absolute Gasteiger partial charge is 0.231 e. The van der Waals surface area contributed by atoms with Crippen molar-refractivity contribution >= 4 is 56.9 Å². The molecule has 3 aromatic rings. The van der Waals surface area contributed by atoms with Gasteiger partial charge in [0.1, 0.15) is 0 Å². The van der Waals surface area contributed by atoms with Crippen molar-refractivity contribution in [1.82, 2.24) is 4.98 Å². The molecule has 156 valence electrons. The lowest BCUT2D eigenvalue weighted by Gasteiger charge is -2.12. The zero-order valence-electron chi connectivity index (χ0n) is 15.8. The summed E-state index contributed by atoms with van der Waals surface area (Å²) < 4.78 is 11.2. The van der Waals surface area contributed by atoms with Crippen LogP contribution in [0.2, 0.25) is 5.02 Å². The van der Waals surface area contributed by atoms with Crippen molar-refractivity contribution in [1.29, 1.82) is 0 Å². The monoisotopic (exact) mass is 463 g/mol. The van der Waals surface area contributed by atoms with Crippen LogP contribution in [-0.2, 0) is 22.4 Å². The van der Waals surface area contributed by atoms with E-state index >= 15 is 0 Å². The van der Waals surface area contributed by atoms with Crippen LogP contribution in [0, 0.1) is 0 Å². The lowest BCUT2D eigenvalue weighted by molar-refractivity contribution is -0.116. The Balaban J connectivity index is 1.34. The number of anilines is 2. The van der Waals surface area contributed by atoms with E-state index < -0.39 is 0 Å². The zero-order chi connectivity index (χ0) is 20.9. The third kappa shape index (κ3) is 5.29. The number of halogens is 1. The Morgan fingerprint density at radius 3 is 2.60 bits per heavy atom. The minimum Gasteiger partial charge on any atom is -0.490 e. The summed E-state index contributed by atoms with van der Waals surface area (Å²) in [6.45, 7) is 1.10. The van der Waals surface area contributed by atoms with Crippen LogP contribution in [0.3, 0.4) is 0 Å². The zero-order valence-corrected chi connectivity index (χ0v) is 18.2. The second-order valence-electron chi connectivity index (χ2n) is 6.50. The van der Waals surface area contributed by atoms with Crippen LogP contribution in [0.4, 0.5) is 10.8 Å². The molecule has 0 aliphatic carbocycles. The molecule has 1 aromatic carbocycles. The first-order valence-corrected chi connectivity index (χ1v) is 11.4. The Kier molecular flexibility index (Phi) is 6.51. The number of ether oxygens (including phenoxy) is 2. The van der Waals surface area contributed by atoms with Crippen molar-refractivity contribution in [3.63, 3.8) is 0 Å². The molecule has 1 aliphatic rings. The summed E-state index contributed by atoms with van der Waals surface area (Å²) >= 11 is 9.08. The van der Waals surface area contributed by atoms with E-state index in [0.29, 0.717) is 52.7 Å². The number of hydrogen-bond acceptors (Lipinski definition) is 7. The fourth-order valence-corrected chi connectivity index (χ4v) is 4.45. The highest BCUT2D eigenvalue weighted by Gasteiger charge is 2.17. The third-order valence-corrected chi connectivity index (χ3v) is 6.16. The van der Waals surface area contributed by atoms with Crippen LogP contribution >= 0.6 is 34.3 Å². The van der Waals surface area contributed by atoms with Crippen LogP contribution < -0.4 is 20.1 Å². The third-order valence-electron chi connectivity index (χ3n) is 4.17. The number of thiophene rings is 1. The molecule has 2 amide bonds. The summed E-state index contributed by atoms with van der Waals surface area (Å²) in [7, 11) is 0. The second-order valence-corrected chi connectivity index (χ2v) is 8.80. The standard InChI is InChI=1S/C20H18ClN3O4S2/c21-14-9-16-17(28-5-2-4-27-16)10-15(14)23-18(25)7-12-11-30-20(22-12)24-19(26)8-13-3-1-6-29-13/h1,3,6,9-11H,2,4-5,7-8H2,(H,23,25)(H,22,24,26). The highest BCUT2D eigenvalue weighted by Crippen LogP contribution is 2.37. The molecule has 0 spiro atoms. The van der Waals surface area contributed by atoms with Gasteiger partial charge in [0, 0.05) is 28.8 Å². The van der Waals surface area contributed by atoms with Gasteiger partial charge in [-0.25, -0.2) is 4.98 Å². The average Bonchev–Trinajstić information content (AvgIpc) is 3.30. The van der Waals surface area contributed by atoms with E-state index in [4.69, 9.17) is 21.1 Å². The highest BCUT2D eigenvalue weighted by molar-refractivity contribution is 7.14. The molecule has 0 atom stereocenters. The molecule has 1 aliphatic heterocycles. The summed E-state index contributed by atoms with van der Waals surface area (Å²) in [5.41, 5.74) is 1.01. The Bertz CT molecular complexity index is 1050. The van der Waals surface area contributed by atoms with Gasteiger partial charge in [-0.2, -0.15) is 0 Å². The number of amides is 2. The van der Waals surface area contributed by atoms with Crippen LogP contribution in [0.1, 0.15) is 17.0 Å². The van der Waals surface area contributed by atoms with E-state index in [1.165, 1.54) is 22.7 Å². The molecule has 0 fully saturated rings. The van der Waals surface area contributed by atoms with Crippen LogP contribution in [0.15, 0.2) is 35.0 Å².